The van der Waals surface area contributed by atoms with Gasteiger partial charge < -0.3 is 14.8 Å². The first-order valence-electron chi connectivity index (χ1n) is 8.24. The lowest BCUT2D eigenvalue weighted by Gasteiger charge is -2.15. The van der Waals surface area contributed by atoms with Crippen LogP contribution >= 0.6 is 12.4 Å². The van der Waals surface area contributed by atoms with Crippen LogP contribution in [0.3, 0.4) is 0 Å². The summed E-state index contributed by atoms with van der Waals surface area (Å²) in [6.45, 7) is 7.23. The molecule has 0 saturated carbocycles. The van der Waals surface area contributed by atoms with E-state index >= 15 is 0 Å². The van der Waals surface area contributed by atoms with Gasteiger partial charge in [-0.05, 0) is 57.2 Å². The quantitative estimate of drug-likeness (QED) is 0.631. The molecular formula is C20H23ClN2O2. The number of nitrogens with one attached hydrogen (secondary N) is 1. The van der Waals surface area contributed by atoms with Crippen LogP contribution < -0.4 is 14.8 Å². The lowest BCUT2D eigenvalue weighted by atomic mass is 10.1. The van der Waals surface area contributed by atoms with E-state index in [0.29, 0.717) is 13.2 Å². The van der Waals surface area contributed by atoms with Crippen LogP contribution in [0.2, 0.25) is 0 Å². The molecule has 1 aromatic heterocycles. The number of benzene rings is 2. The molecule has 0 aliphatic carbocycles. The van der Waals surface area contributed by atoms with Crippen LogP contribution in [0.5, 0.6) is 11.5 Å². The SMILES string of the molecule is CCOc1ccc2nc(C)cc(Nc3ccccc3OCC)c2c1.Cl. The van der Waals surface area contributed by atoms with Gasteiger partial charge in [0, 0.05) is 16.8 Å². The van der Waals surface area contributed by atoms with E-state index in [1.54, 1.807) is 0 Å². The number of para-hydroxylation sites is 2. The molecule has 0 aliphatic rings. The summed E-state index contributed by atoms with van der Waals surface area (Å²) >= 11 is 0. The van der Waals surface area contributed by atoms with Gasteiger partial charge in [-0.25, -0.2) is 0 Å². The number of rotatable bonds is 6. The van der Waals surface area contributed by atoms with Gasteiger partial charge in [-0.1, -0.05) is 12.1 Å². The van der Waals surface area contributed by atoms with Gasteiger partial charge in [-0.3, -0.25) is 4.98 Å². The van der Waals surface area contributed by atoms with Crippen LogP contribution in [0, 0.1) is 6.92 Å². The lowest BCUT2D eigenvalue weighted by Crippen LogP contribution is -1.99. The Morgan fingerprint density at radius 1 is 0.920 bits per heavy atom. The van der Waals surface area contributed by atoms with Gasteiger partial charge in [0.15, 0.2) is 0 Å². The normalized spacial score (nSPS) is 10.2. The van der Waals surface area contributed by atoms with Crippen molar-refractivity contribution in [2.75, 3.05) is 18.5 Å². The Hall–Kier alpha value is -2.46. The maximum Gasteiger partial charge on any atom is 0.142 e. The third-order valence-electron chi connectivity index (χ3n) is 3.68. The second kappa shape index (κ2) is 8.58. The Bertz CT molecular complexity index is 852. The summed E-state index contributed by atoms with van der Waals surface area (Å²) in [4.78, 5) is 4.61. The van der Waals surface area contributed by atoms with Crippen molar-refractivity contribution in [2.45, 2.75) is 20.8 Å². The molecule has 2 aromatic carbocycles. The van der Waals surface area contributed by atoms with E-state index in [4.69, 9.17) is 9.47 Å². The molecule has 0 spiro atoms. The van der Waals surface area contributed by atoms with E-state index in [1.807, 2.05) is 69.3 Å². The van der Waals surface area contributed by atoms with Crippen molar-refractivity contribution in [1.82, 2.24) is 4.98 Å². The number of aromatic nitrogens is 1. The highest BCUT2D eigenvalue weighted by Crippen LogP contribution is 2.33. The highest BCUT2D eigenvalue weighted by atomic mass is 35.5. The molecule has 0 saturated heterocycles. The Labute approximate surface area is 154 Å². The zero-order valence-corrected chi connectivity index (χ0v) is 15.5. The first kappa shape index (κ1) is 18.9. The third-order valence-corrected chi connectivity index (χ3v) is 3.68. The number of hydrogen-bond donors (Lipinski definition) is 1. The summed E-state index contributed by atoms with van der Waals surface area (Å²) in [6, 6.07) is 16.0. The van der Waals surface area contributed by atoms with Gasteiger partial charge in [0.2, 0.25) is 0 Å². The van der Waals surface area contributed by atoms with Gasteiger partial charge in [-0.2, -0.15) is 0 Å². The van der Waals surface area contributed by atoms with E-state index in [1.165, 1.54) is 0 Å². The number of ether oxygens (including phenoxy) is 2. The summed E-state index contributed by atoms with van der Waals surface area (Å²) < 4.78 is 11.3. The fraction of sp³-hybridized carbons (Fsp3) is 0.250. The standard InChI is InChI=1S/C20H22N2O2.ClH/c1-4-23-15-10-11-17-16(13-15)19(12-14(3)21-17)22-18-8-6-7-9-20(18)24-5-2;/h6-13H,4-5H2,1-3H3,(H,21,22);1H. The molecule has 0 amide bonds. The Morgan fingerprint density at radius 2 is 1.68 bits per heavy atom. The maximum absolute atomic E-state index is 5.71. The maximum atomic E-state index is 5.71. The minimum absolute atomic E-state index is 0. The summed E-state index contributed by atoms with van der Waals surface area (Å²) in [7, 11) is 0. The molecule has 25 heavy (non-hydrogen) atoms. The highest BCUT2D eigenvalue weighted by Gasteiger charge is 2.09. The number of fused-ring (bicyclic) bond motifs is 1. The minimum atomic E-state index is 0. The van der Waals surface area contributed by atoms with Crippen molar-refractivity contribution in [3.8, 4) is 11.5 Å². The fourth-order valence-corrected chi connectivity index (χ4v) is 2.69. The van der Waals surface area contributed by atoms with Crippen LogP contribution in [-0.2, 0) is 0 Å². The lowest BCUT2D eigenvalue weighted by molar-refractivity contribution is 0.340. The Kier molecular flexibility index (Phi) is 6.48. The second-order valence-electron chi connectivity index (χ2n) is 5.48. The largest absolute Gasteiger partial charge is 0.494 e. The average molecular weight is 359 g/mol. The van der Waals surface area contributed by atoms with Crippen molar-refractivity contribution >= 4 is 34.7 Å². The zero-order valence-electron chi connectivity index (χ0n) is 14.7. The first-order chi connectivity index (χ1) is 11.7. The van der Waals surface area contributed by atoms with Gasteiger partial charge in [0.05, 0.1) is 24.4 Å². The van der Waals surface area contributed by atoms with Crippen molar-refractivity contribution < 1.29 is 9.47 Å². The molecule has 1 N–H and O–H groups in total. The molecule has 0 bridgehead atoms. The Balaban J connectivity index is 0.00000225. The number of anilines is 2. The zero-order chi connectivity index (χ0) is 16.9. The van der Waals surface area contributed by atoms with Crippen molar-refractivity contribution in [1.29, 1.82) is 0 Å². The van der Waals surface area contributed by atoms with E-state index in [-0.39, 0.29) is 12.4 Å². The molecule has 0 atom stereocenters. The summed E-state index contributed by atoms with van der Waals surface area (Å²) in [5.74, 6) is 1.68. The van der Waals surface area contributed by atoms with Crippen molar-refractivity contribution in [2.24, 2.45) is 0 Å². The van der Waals surface area contributed by atoms with E-state index in [0.717, 1.165) is 39.5 Å². The molecule has 0 radical (unpaired) electrons. The minimum Gasteiger partial charge on any atom is -0.494 e. The predicted molar refractivity (Wildman–Crippen MR) is 106 cm³/mol. The van der Waals surface area contributed by atoms with Crippen LogP contribution in [-0.4, -0.2) is 18.2 Å². The first-order valence-corrected chi connectivity index (χ1v) is 8.24. The topological polar surface area (TPSA) is 43.4 Å². The Morgan fingerprint density at radius 3 is 2.44 bits per heavy atom. The average Bonchev–Trinajstić information content (AvgIpc) is 2.57. The van der Waals surface area contributed by atoms with Gasteiger partial charge in [-0.15, -0.1) is 12.4 Å². The number of pyridine rings is 1. The summed E-state index contributed by atoms with van der Waals surface area (Å²) in [5, 5.41) is 4.52. The molecule has 4 nitrogen and oxygen atoms in total. The highest BCUT2D eigenvalue weighted by molar-refractivity contribution is 5.94. The molecular weight excluding hydrogens is 336 g/mol. The van der Waals surface area contributed by atoms with Crippen LogP contribution in [0.4, 0.5) is 11.4 Å². The van der Waals surface area contributed by atoms with Crippen molar-refractivity contribution in [3.05, 3.63) is 54.2 Å². The second-order valence-corrected chi connectivity index (χ2v) is 5.48. The monoisotopic (exact) mass is 358 g/mol. The molecule has 0 unspecified atom stereocenters. The van der Waals surface area contributed by atoms with E-state index in [9.17, 15) is 0 Å². The van der Waals surface area contributed by atoms with E-state index in [2.05, 4.69) is 10.3 Å². The van der Waals surface area contributed by atoms with Crippen LogP contribution in [0.15, 0.2) is 48.5 Å². The molecule has 132 valence electrons. The van der Waals surface area contributed by atoms with Gasteiger partial charge in [0.25, 0.3) is 0 Å². The summed E-state index contributed by atoms with van der Waals surface area (Å²) in [5.41, 5.74) is 3.83. The molecule has 1 heterocycles. The molecule has 3 rings (SSSR count). The molecule has 0 fully saturated rings. The number of hydrogen-bond acceptors (Lipinski definition) is 4. The predicted octanol–water partition coefficient (Wildman–Crippen LogP) is 5.51. The van der Waals surface area contributed by atoms with Crippen LogP contribution in [0.25, 0.3) is 10.9 Å². The summed E-state index contributed by atoms with van der Waals surface area (Å²) in [6.07, 6.45) is 0. The third kappa shape index (κ3) is 4.34. The smallest absolute Gasteiger partial charge is 0.142 e. The van der Waals surface area contributed by atoms with Gasteiger partial charge in [0.1, 0.15) is 11.5 Å². The van der Waals surface area contributed by atoms with Crippen LogP contribution in [0.1, 0.15) is 19.5 Å². The molecule has 3 aromatic rings. The molecule has 5 heteroatoms. The van der Waals surface area contributed by atoms with E-state index < -0.39 is 0 Å². The fourth-order valence-electron chi connectivity index (χ4n) is 2.69. The number of halogens is 1. The number of nitrogens with zero attached hydrogens (tertiary/aromatic N) is 1. The van der Waals surface area contributed by atoms with Crippen molar-refractivity contribution in [3.63, 3.8) is 0 Å². The number of aryl methyl sites for hydroxylation is 1. The van der Waals surface area contributed by atoms with Gasteiger partial charge >= 0.3 is 0 Å². The molecule has 0 aliphatic heterocycles.